The van der Waals surface area contributed by atoms with Crippen LogP contribution in [-0.2, 0) is 0 Å². The molecule has 1 heteroatoms. The molecule has 6 heavy (non-hydrogen) atoms. The molecule has 0 radical (unpaired) electrons. The lowest BCUT2D eigenvalue weighted by molar-refractivity contribution is 0.0381. The molecule has 0 N–H and O–H groups in total. The third kappa shape index (κ3) is 0.200. The molecule has 0 unspecified atom stereocenters. The van der Waals surface area contributed by atoms with Gasteiger partial charge < -0.3 is 0 Å². The van der Waals surface area contributed by atoms with E-state index in [1.54, 1.807) is 0 Å². The number of halogens is 1. The van der Waals surface area contributed by atoms with Crippen molar-refractivity contribution in [2.24, 2.45) is 11.8 Å². The first-order valence-electron chi connectivity index (χ1n) is 2.52. The van der Waals surface area contributed by atoms with Crippen molar-refractivity contribution in [3.05, 3.63) is 0 Å². The molecule has 3 rings (SSSR count). The first kappa shape index (κ1) is 3.48. The molecule has 3 saturated carbocycles. The normalized spacial score (nSPS) is 62.5. The van der Waals surface area contributed by atoms with Gasteiger partial charge in [0.2, 0.25) is 0 Å². The average Bonchev–Trinajstić information content (AvgIpc) is 1.28. The lowest BCUT2D eigenvalue weighted by atomic mass is 9.56. The maximum Gasteiger partial charge on any atom is 0.0202 e. The van der Waals surface area contributed by atoms with Crippen LogP contribution in [0.1, 0.15) is 12.8 Å². The summed E-state index contributed by atoms with van der Waals surface area (Å²) >= 11 is 3.58. The van der Waals surface area contributed by atoms with E-state index in [1.165, 1.54) is 12.8 Å². The molecule has 0 saturated heterocycles. The van der Waals surface area contributed by atoms with Crippen LogP contribution in [0.3, 0.4) is 0 Å². The second-order valence-electron chi connectivity index (χ2n) is 2.44. The lowest BCUT2D eigenvalue weighted by Crippen LogP contribution is -2.51. The fourth-order valence-electron chi connectivity index (χ4n) is 1.22. The van der Waals surface area contributed by atoms with E-state index in [2.05, 4.69) is 15.9 Å². The third-order valence-corrected chi connectivity index (χ3v) is 3.61. The van der Waals surface area contributed by atoms with Gasteiger partial charge in [-0.05, 0) is 24.7 Å². The van der Waals surface area contributed by atoms with Gasteiger partial charge in [0.25, 0.3) is 0 Å². The third-order valence-electron chi connectivity index (χ3n) is 2.11. The van der Waals surface area contributed by atoms with Crippen molar-refractivity contribution in [2.75, 3.05) is 0 Å². The van der Waals surface area contributed by atoms with E-state index in [4.69, 9.17) is 0 Å². The molecule has 3 aliphatic rings. The fraction of sp³-hybridized carbons (Fsp3) is 1.00. The number of alkyl halides is 1. The minimum Gasteiger partial charge on any atom is -0.0885 e. The van der Waals surface area contributed by atoms with Gasteiger partial charge in [-0.1, -0.05) is 15.9 Å². The molecule has 0 aliphatic heterocycles. The van der Waals surface area contributed by atoms with Crippen LogP contribution >= 0.6 is 15.9 Å². The highest BCUT2D eigenvalue weighted by atomic mass is 79.9. The molecule has 0 heterocycles. The highest BCUT2D eigenvalue weighted by Crippen LogP contribution is 2.57. The van der Waals surface area contributed by atoms with Crippen LogP contribution in [0, 0.1) is 11.8 Å². The van der Waals surface area contributed by atoms with Crippen molar-refractivity contribution < 1.29 is 0 Å². The SMILES string of the molecule is BrC1C2CC1C2. The van der Waals surface area contributed by atoms with Crippen LogP contribution in [0.15, 0.2) is 0 Å². The van der Waals surface area contributed by atoms with E-state index in [9.17, 15) is 0 Å². The second kappa shape index (κ2) is 0.835. The molecule has 0 aromatic heterocycles. The highest BCUT2D eigenvalue weighted by Gasteiger charge is 2.50. The largest absolute Gasteiger partial charge is 0.0885 e. The smallest absolute Gasteiger partial charge is 0.0202 e. The molecule has 0 aromatic rings. The van der Waals surface area contributed by atoms with Gasteiger partial charge >= 0.3 is 0 Å². The van der Waals surface area contributed by atoms with Crippen molar-refractivity contribution in [2.45, 2.75) is 17.7 Å². The summed E-state index contributed by atoms with van der Waals surface area (Å²) in [5.74, 6) is 2.19. The summed E-state index contributed by atoms with van der Waals surface area (Å²) in [6, 6.07) is 0. The van der Waals surface area contributed by atoms with Crippen LogP contribution in [0.25, 0.3) is 0 Å². The van der Waals surface area contributed by atoms with Gasteiger partial charge in [-0.15, -0.1) is 0 Å². The molecular formula is C5H7Br. The molecule has 2 bridgehead atoms. The predicted octanol–water partition coefficient (Wildman–Crippen LogP) is 1.79. The number of hydrogen-bond acceptors (Lipinski definition) is 0. The van der Waals surface area contributed by atoms with Gasteiger partial charge in [-0.2, -0.15) is 0 Å². The van der Waals surface area contributed by atoms with Gasteiger partial charge in [0.15, 0.2) is 0 Å². The Kier molecular flexibility index (Phi) is 0.484. The molecule has 3 aliphatic carbocycles. The van der Waals surface area contributed by atoms with Gasteiger partial charge in [0.1, 0.15) is 0 Å². The van der Waals surface area contributed by atoms with E-state index in [-0.39, 0.29) is 0 Å². The zero-order chi connectivity index (χ0) is 4.15. The van der Waals surface area contributed by atoms with Gasteiger partial charge in [0.05, 0.1) is 0 Å². The Bertz CT molecular complexity index is 66.0. The van der Waals surface area contributed by atoms with E-state index < -0.39 is 0 Å². The first-order valence-corrected chi connectivity index (χ1v) is 3.43. The quantitative estimate of drug-likeness (QED) is 0.458. The van der Waals surface area contributed by atoms with E-state index in [0.717, 1.165) is 16.7 Å². The summed E-state index contributed by atoms with van der Waals surface area (Å²) in [4.78, 5) is 0.942. The van der Waals surface area contributed by atoms with E-state index in [0.29, 0.717) is 0 Å². The second-order valence-corrected chi connectivity index (χ2v) is 3.49. The summed E-state index contributed by atoms with van der Waals surface area (Å²) in [7, 11) is 0. The fourth-order valence-corrected chi connectivity index (χ4v) is 2.09. The molecule has 0 atom stereocenters. The minimum absolute atomic E-state index is 0.942. The van der Waals surface area contributed by atoms with Crippen LogP contribution in [0.5, 0.6) is 0 Å². The summed E-state index contributed by atoms with van der Waals surface area (Å²) in [6.07, 6.45) is 3.05. The lowest BCUT2D eigenvalue weighted by Gasteiger charge is -2.55. The Hall–Kier alpha value is 0.480. The molecular weight excluding hydrogens is 140 g/mol. The maximum atomic E-state index is 3.58. The number of hydrogen-bond donors (Lipinski definition) is 0. The molecule has 0 spiro atoms. The number of rotatable bonds is 0. The van der Waals surface area contributed by atoms with Crippen LogP contribution in [0.4, 0.5) is 0 Å². The molecule has 34 valence electrons. The zero-order valence-corrected chi connectivity index (χ0v) is 5.11. The van der Waals surface area contributed by atoms with Crippen molar-refractivity contribution in [1.82, 2.24) is 0 Å². The Balaban J connectivity index is 2.11. The van der Waals surface area contributed by atoms with Crippen molar-refractivity contribution in [3.63, 3.8) is 0 Å². The highest BCUT2D eigenvalue weighted by molar-refractivity contribution is 9.09. The molecule has 0 aromatic carbocycles. The maximum absolute atomic E-state index is 3.58. The van der Waals surface area contributed by atoms with Crippen molar-refractivity contribution in [1.29, 1.82) is 0 Å². The predicted molar refractivity (Wildman–Crippen MR) is 28.9 cm³/mol. The minimum atomic E-state index is 0.942. The summed E-state index contributed by atoms with van der Waals surface area (Å²) in [5, 5.41) is 0. The Morgan fingerprint density at radius 3 is 1.50 bits per heavy atom. The van der Waals surface area contributed by atoms with Crippen LogP contribution in [-0.4, -0.2) is 4.83 Å². The van der Waals surface area contributed by atoms with Crippen LogP contribution < -0.4 is 0 Å². The zero-order valence-electron chi connectivity index (χ0n) is 3.52. The standard InChI is InChI=1S/C5H7Br/c6-5-3-1-4(5)2-3/h3-5H,1-2H2. The Labute approximate surface area is 46.1 Å². The first-order chi connectivity index (χ1) is 2.88. The van der Waals surface area contributed by atoms with Gasteiger partial charge in [-0.3, -0.25) is 0 Å². The van der Waals surface area contributed by atoms with Crippen molar-refractivity contribution in [3.8, 4) is 0 Å². The Morgan fingerprint density at radius 2 is 1.50 bits per heavy atom. The average molecular weight is 147 g/mol. The molecule has 0 nitrogen and oxygen atoms in total. The van der Waals surface area contributed by atoms with Gasteiger partial charge in [0, 0.05) is 4.83 Å². The monoisotopic (exact) mass is 146 g/mol. The van der Waals surface area contributed by atoms with E-state index in [1.807, 2.05) is 0 Å². The Morgan fingerprint density at radius 1 is 1.17 bits per heavy atom. The molecule has 0 amide bonds. The summed E-state index contributed by atoms with van der Waals surface area (Å²) < 4.78 is 0. The topological polar surface area (TPSA) is 0 Å². The van der Waals surface area contributed by atoms with Gasteiger partial charge in [-0.25, -0.2) is 0 Å². The summed E-state index contributed by atoms with van der Waals surface area (Å²) in [6.45, 7) is 0. The van der Waals surface area contributed by atoms with Crippen molar-refractivity contribution >= 4 is 15.9 Å². The molecule has 3 fully saturated rings. The van der Waals surface area contributed by atoms with Crippen LogP contribution in [0.2, 0.25) is 0 Å². The van der Waals surface area contributed by atoms with E-state index >= 15 is 0 Å². The summed E-state index contributed by atoms with van der Waals surface area (Å²) in [5.41, 5.74) is 0.